The number of carboxylic acids is 1. The van der Waals surface area contributed by atoms with E-state index in [1.54, 1.807) is 11.8 Å². The summed E-state index contributed by atoms with van der Waals surface area (Å²) in [4.78, 5) is 11.3. The molecular formula is C12H22O3S. The highest BCUT2D eigenvalue weighted by Gasteiger charge is 2.53. The van der Waals surface area contributed by atoms with E-state index in [1.165, 1.54) is 0 Å². The monoisotopic (exact) mass is 246 g/mol. The van der Waals surface area contributed by atoms with Crippen molar-refractivity contribution in [1.82, 2.24) is 0 Å². The van der Waals surface area contributed by atoms with E-state index in [4.69, 9.17) is 0 Å². The molecule has 0 aliphatic carbocycles. The van der Waals surface area contributed by atoms with Gasteiger partial charge in [0.25, 0.3) is 0 Å². The molecule has 1 fully saturated rings. The first-order valence-corrected chi connectivity index (χ1v) is 7.03. The van der Waals surface area contributed by atoms with Crippen molar-refractivity contribution in [2.75, 3.05) is 11.5 Å². The average molecular weight is 246 g/mol. The molecule has 1 rings (SSSR count). The maximum absolute atomic E-state index is 11.3. The normalized spacial score (nSPS) is 31.0. The molecule has 0 aromatic heterocycles. The third-order valence-corrected chi connectivity index (χ3v) is 4.95. The predicted molar refractivity (Wildman–Crippen MR) is 66.7 cm³/mol. The molecular weight excluding hydrogens is 224 g/mol. The number of carboxylic acid groups (broad SMARTS) is 1. The lowest BCUT2D eigenvalue weighted by Crippen LogP contribution is -2.57. The first-order chi connectivity index (χ1) is 7.35. The Morgan fingerprint density at radius 3 is 2.56 bits per heavy atom. The Labute approximate surface area is 102 Å². The Balaban J connectivity index is 2.98. The van der Waals surface area contributed by atoms with E-state index in [0.717, 1.165) is 18.6 Å². The summed E-state index contributed by atoms with van der Waals surface area (Å²) in [6.07, 6.45) is 2.22. The molecule has 2 unspecified atom stereocenters. The van der Waals surface area contributed by atoms with Crippen LogP contribution in [0, 0.1) is 11.3 Å². The molecule has 1 saturated heterocycles. The van der Waals surface area contributed by atoms with Gasteiger partial charge in [-0.1, -0.05) is 27.2 Å². The van der Waals surface area contributed by atoms with Crippen LogP contribution in [-0.4, -0.2) is 33.3 Å². The van der Waals surface area contributed by atoms with Gasteiger partial charge in [-0.25, -0.2) is 0 Å². The van der Waals surface area contributed by atoms with Crippen LogP contribution in [-0.2, 0) is 4.79 Å². The standard InChI is InChI=1S/C12H22O3S/c1-4-5-9(10(13)14)12(15)8-16-7-6-11(12,2)3/h9,15H,4-8H2,1-3H3,(H,13,14). The second kappa shape index (κ2) is 4.96. The molecule has 16 heavy (non-hydrogen) atoms. The molecule has 94 valence electrons. The van der Waals surface area contributed by atoms with Crippen molar-refractivity contribution in [3.63, 3.8) is 0 Å². The van der Waals surface area contributed by atoms with Gasteiger partial charge in [-0.2, -0.15) is 11.8 Å². The summed E-state index contributed by atoms with van der Waals surface area (Å²) in [5.41, 5.74) is -1.38. The van der Waals surface area contributed by atoms with Gasteiger partial charge in [-0.05, 0) is 24.0 Å². The molecule has 1 aliphatic rings. The van der Waals surface area contributed by atoms with Crippen LogP contribution in [0.1, 0.15) is 40.0 Å². The van der Waals surface area contributed by atoms with E-state index >= 15 is 0 Å². The Morgan fingerprint density at radius 1 is 1.50 bits per heavy atom. The summed E-state index contributed by atoms with van der Waals surface area (Å²) in [5.74, 6) is 0.0466. The summed E-state index contributed by atoms with van der Waals surface area (Å²) in [7, 11) is 0. The molecule has 0 radical (unpaired) electrons. The number of rotatable bonds is 4. The van der Waals surface area contributed by atoms with Gasteiger partial charge in [0.2, 0.25) is 0 Å². The highest BCUT2D eigenvalue weighted by Crippen LogP contribution is 2.47. The Morgan fingerprint density at radius 2 is 2.12 bits per heavy atom. The van der Waals surface area contributed by atoms with Crippen LogP contribution in [0.3, 0.4) is 0 Å². The zero-order valence-corrected chi connectivity index (χ0v) is 11.1. The third kappa shape index (κ3) is 2.38. The Hall–Kier alpha value is -0.220. The van der Waals surface area contributed by atoms with Gasteiger partial charge in [-0.3, -0.25) is 4.79 Å². The predicted octanol–water partition coefficient (Wildman–Crippen LogP) is 2.38. The molecule has 0 spiro atoms. The van der Waals surface area contributed by atoms with Crippen molar-refractivity contribution >= 4 is 17.7 Å². The molecule has 4 heteroatoms. The van der Waals surface area contributed by atoms with Gasteiger partial charge in [0.15, 0.2) is 0 Å². The van der Waals surface area contributed by atoms with Gasteiger partial charge < -0.3 is 10.2 Å². The summed E-state index contributed by atoms with van der Waals surface area (Å²) in [6.45, 7) is 5.93. The van der Waals surface area contributed by atoms with Crippen molar-refractivity contribution in [2.24, 2.45) is 11.3 Å². The lowest BCUT2D eigenvalue weighted by molar-refractivity contribution is -0.163. The van der Waals surface area contributed by atoms with E-state index in [9.17, 15) is 15.0 Å². The highest BCUT2D eigenvalue weighted by atomic mass is 32.2. The SMILES string of the molecule is CCCC(C(=O)O)C1(O)CSCCC1(C)C. The molecule has 0 amide bonds. The molecule has 0 aromatic rings. The quantitative estimate of drug-likeness (QED) is 0.799. The van der Waals surface area contributed by atoms with Gasteiger partial charge >= 0.3 is 5.97 Å². The van der Waals surface area contributed by atoms with Crippen LogP contribution >= 0.6 is 11.8 Å². The topological polar surface area (TPSA) is 57.5 Å². The molecule has 2 N–H and O–H groups in total. The molecule has 1 aliphatic heterocycles. The molecule has 0 saturated carbocycles. The lowest BCUT2D eigenvalue weighted by atomic mass is 9.66. The van der Waals surface area contributed by atoms with Crippen LogP contribution in [0.4, 0.5) is 0 Å². The van der Waals surface area contributed by atoms with Crippen molar-refractivity contribution in [3.05, 3.63) is 0 Å². The van der Waals surface area contributed by atoms with E-state index < -0.39 is 17.5 Å². The summed E-state index contributed by atoms with van der Waals surface area (Å²) in [5, 5.41) is 20.0. The maximum atomic E-state index is 11.3. The van der Waals surface area contributed by atoms with E-state index in [2.05, 4.69) is 0 Å². The number of aliphatic hydroxyl groups is 1. The minimum absolute atomic E-state index is 0.309. The maximum Gasteiger partial charge on any atom is 0.309 e. The number of hydrogen-bond donors (Lipinski definition) is 2. The van der Waals surface area contributed by atoms with Crippen LogP contribution in [0.2, 0.25) is 0 Å². The Bertz CT molecular complexity index is 265. The third-order valence-electron chi connectivity index (χ3n) is 3.82. The van der Waals surface area contributed by atoms with Crippen LogP contribution in [0.25, 0.3) is 0 Å². The van der Waals surface area contributed by atoms with E-state index in [-0.39, 0.29) is 5.41 Å². The second-order valence-electron chi connectivity index (χ2n) is 5.29. The van der Waals surface area contributed by atoms with E-state index in [0.29, 0.717) is 12.2 Å². The highest BCUT2D eigenvalue weighted by molar-refractivity contribution is 7.99. The minimum atomic E-state index is -1.07. The zero-order chi connectivity index (χ0) is 12.4. The summed E-state index contributed by atoms with van der Waals surface area (Å²) >= 11 is 1.66. The average Bonchev–Trinajstić information content (AvgIpc) is 2.18. The Kier molecular flexibility index (Phi) is 4.29. The minimum Gasteiger partial charge on any atom is -0.481 e. The first kappa shape index (κ1) is 13.8. The number of aliphatic carboxylic acids is 1. The van der Waals surface area contributed by atoms with Crippen molar-refractivity contribution < 1.29 is 15.0 Å². The van der Waals surface area contributed by atoms with Gasteiger partial charge in [0, 0.05) is 5.75 Å². The molecule has 3 nitrogen and oxygen atoms in total. The molecule has 1 heterocycles. The first-order valence-electron chi connectivity index (χ1n) is 5.88. The number of hydrogen-bond acceptors (Lipinski definition) is 3. The number of carbonyl (C=O) groups is 1. The van der Waals surface area contributed by atoms with Crippen LogP contribution in [0.5, 0.6) is 0 Å². The molecule has 0 aromatic carbocycles. The van der Waals surface area contributed by atoms with Crippen molar-refractivity contribution in [1.29, 1.82) is 0 Å². The van der Waals surface area contributed by atoms with Gasteiger partial charge in [0.05, 0.1) is 11.5 Å². The van der Waals surface area contributed by atoms with Crippen LogP contribution < -0.4 is 0 Å². The fourth-order valence-corrected chi connectivity index (χ4v) is 4.10. The molecule has 2 atom stereocenters. The largest absolute Gasteiger partial charge is 0.481 e. The lowest BCUT2D eigenvalue weighted by Gasteiger charge is -2.49. The smallest absolute Gasteiger partial charge is 0.309 e. The number of thioether (sulfide) groups is 1. The second-order valence-corrected chi connectivity index (χ2v) is 6.40. The fraction of sp³-hybridized carbons (Fsp3) is 0.917. The van der Waals surface area contributed by atoms with E-state index in [1.807, 2.05) is 20.8 Å². The summed E-state index contributed by atoms with van der Waals surface area (Å²) in [6, 6.07) is 0. The molecule has 0 bridgehead atoms. The zero-order valence-electron chi connectivity index (χ0n) is 10.3. The fourth-order valence-electron chi connectivity index (χ4n) is 2.39. The van der Waals surface area contributed by atoms with Crippen molar-refractivity contribution in [3.8, 4) is 0 Å². The summed E-state index contributed by atoms with van der Waals surface area (Å²) < 4.78 is 0. The van der Waals surface area contributed by atoms with Crippen molar-refractivity contribution in [2.45, 2.75) is 45.6 Å². The van der Waals surface area contributed by atoms with Crippen LogP contribution in [0.15, 0.2) is 0 Å². The van der Waals surface area contributed by atoms with Gasteiger partial charge in [-0.15, -0.1) is 0 Å². The van der Waals surface area contributed by atoms with Gasteiger partial charge in [0.1, 0.15) is 0 Å².